The third kappa shape index (κ3) is 7.77. The molecular weight excluding hydrogens is 581 g/mol. The van der Waals surface area contributed by atoms with Crippen molar-refractivity contribution in [1.82, 2.24) is 19.6 Å². The molecule has 0 aliphatic heterocycles. The molecule has 0 spiro atoms. The first kappa shape index (κ1) is 29.2. The zero-order chi connectivity index (χ0) is 34.4. The van der Waals surface area contributed by atoms with Crippen molar-refractivity contribution in [2.75, 3.05) is 18.9 Å². The lowest BCUT2D eigenvalue weighted by molar-refractivity contribution is -0.149. The van der Waals surface area contributed by atoms with Crippen molar-refractivity contribution >= 4 is 41.5 Å². The fourth-order valence-electron chi connectivity index (χ4n) is 4.97. The van der Waals surface area contributed by atoms with Crippen molar-refractivity contribution in [2.45, 2.75) is 85.0 Å². The Kier molecular flexibility index (Phi) is 9.64. The third-order valence-electron chi connectivity index (χ3n) is 7.02. The summed E-state index contributed by atoms with van der Waals surface area (Å²) in [5.74, 6) is -0.155. The van der Waals surface area contributed by atoms with Gasteiger partial charge in [0.2, 0.25) is 0 Å². The molecule has 0 bridgehead atoms. The van der Waals surface area contributed by atoms with Crippen LogP contribution in [0.3, 0.4) is 0 Å². The Hall–Kier alpha value is -3.50. The number of pyridine rings is 1. The van der Waals surface area contributed by atoms with Gasteiger partial charge in [-0.2, -0.15) is 5.09 Å². The summed E-state index contributed by atoms with van der Waals surface area (Å²) in [6, 6.07) is 13.7. The van der Waals surface area contributed by atoms with Crippen LogP contribution in [-0.2, 0) is 35.5 Å². The van der Waals surface area contributed by atoms with Gasteiger partial charge in [0.05, 0.1) is 29.3 Å². The number of ether oxygens (including phenoxy) is 2. The Morgan fingerprint density at radius 2 is 1.86 bits per heavy atom. The van der Waals surface area contributed by atoms with E-state index in [1.165, 1.54) is 0 Å². The maximum atomic E-state index is 14.6. The number of nitrogen functional groups attached to an aromatic ring is 1. The number of anilines is 1. The van der Waals surface area contributed by atoms with Crippen LogP contribution in [0.4, 0.5) is 5.82 Å². The molecule has 4 rings (SSSR count). The van der Waals surface area contributed by atoms with Crippen molar-refractivity contribution in [1.29, 1.82) is 0 Å². The number of imidazole rings is 1. The van der Waals surface area contributed by atoms with E-state index in [-0.39, 0.29) is 24.8 Å². The van der Waals surface area contributed by atoms with Gasteiger partial charge in [-0.25, -0.2) is 14.5 Å². The number of unbranched alkanes of at least 4 members (excludes halogenated alkanes) is 1. The predicted molar refractivity (Wildman–Crippen MR) is 172 cm³/mol. The zero-order valence-electron chi connectivity index (χ0n) is 28.9. The number of carbonyl (C=O) groups is 1. The van der Waals surface area contributed by atoms with Crippen molar-refractivity contribution in [3.05, 3.63) is 60.4 Å². The van der Waals surface area contributed by atoms with E-state index in [2.05, 4.69) is 17.0 Å². The summed E-state index contributed by atoms with van der Waals surface area (Å²) in [6.07, 6.45) is 1.51. The number of benzene rings is 2. The molecule has 12 heteroatoms. The minimum atomic E-state index is -4.59. The monoisotopic (exact) mass is 628 g/mol. The number of hydrogen-bond donors (Lipinski definition) is 2. The quantitative estimate of drug-likeness (QED) is 0.101. The minimum absolute atomic E-state index is 0.148. The van der Waals surface area contributed by atoms with Gasteiger partial charge >= 0.3 is 13.7 Å². The molecule has 0 radical (unpaired) electrons. The highest BCUT2D eigenvalue weighted by molar-refractivity contribution is 7.52. The molecule has 2 aromatic carbocycles. The van der Waals surface area contributed by atoms with Crippen LogP contribution in [-0.4, -0.2) is 45.9 Å². The van der Waals surface area contributed by atoms with E-state index >= 15 is 0 Å². The molecule has 0 saturated carbocycles. The largest absolute Gasteiger partial charge is 0.462 e. The van der Waals surface area contributed by atoms with Gasteiger partial charge in [0, 0.05) is 16.1 Å². The van der Waals surface area contributed by atoms with Crippen LogP contribution in [0, 0.1) is 0 Å². The average Bonchev–Trinajstić information content (AvgIpc) is 3.42. The number of nitrogens with two attached hydrogens (primary N) is 1. The second-order valence-electron chi connectivity index (χ2n) is 11.0. The molecule has 44 heavy (non-hydrogen) atoms. The first-order valence-corrected chi connectivity index (χ1v) is 16.4. The van der Waals surface area contributed by atoms with Crippen molar-refractivity contribution in [2.24, 2.45) is 0 Å². The Morgan fingerprint density at radius 1 is 1.14 bits per heavy atom. The van der Waals surface area contributed by atoms with Crippen molar-refractivity contribution in [3.8, 4) is 5.75 Å². The third-order valence-corrected chi connectivity index (χ3v) is 8.52. The number of aromatic nitrogens is 3. The second kappa shape index (κ2) is 14.5. The lowest BCUT2D eigenvalue weighted by atomic mass is 9.94. The number of rotatable bonds is 16. The number of hydrogen-bond acceptors (Lipinski definition) is 9. The summed E-state index contributed by atoms with van der Waals surface area (Å²) < 4.78 is 63.8. The highest BCUT2D eigenvalue weighted by Crippen LogP contribution is 2.47. The molecule has 3 N–H and O–H groups in total. The molecule has 0 unspecified atom stereocenters. The smallest absolute Gasteiger partial charge is 0.459 e. The van der Waals surface area contributed by atoms with Crippen molar-refractivity contribution in [3.63, 3.8) is 0 Å². The van der Waals surface area contributed by atoms with Gasteiger partial charge in [-0.05, 0) is 59.2 Å². The van der Waals surface area contributed by atoms with E-state index in [0.717, 1.165) is 18.2 Å². The predicted octanol–water partition coefficient (Wildman–Crippen LogP) is 6.74. The molecule has 0 amide bonds. The van der Waals surface area contributed by atoms with Crippen LogP contribution in [0.5, 0.6) is 5.75 Å². The maximum Gasteiger partial charge on any atom is 0.459 e. The number of esters is 1. The van der Waals surface area contributed by atoms with Crippen LogP contribution in [0.25, 0.3) is 21.9 Å². The molecule has 11 nitrogen and oxygen atoms in total. The topological polar surface area (TPSA) is 140 Å². The number of carbonyl (C=O) groups excluding carboxylic acids is 1. The Morgan fingerprint density at radius 3 is 2.55 bits per heavy atom. The van der Waals surface area contributed by atoms with Gasteiger partial charge < -0.3 is 24.3 Å². The number of para-hydroxylation sites is 2. The molecule has 3 atom stereocenters. The summed E-state index contributed by atoms with van der Waals surface area (Å²) in [5.41, 5.74) is 7.35. The van der Waals surface area contributed by atoms with Gasteiger partial charge in [0.25, 0.3) is 0 Å². The molecule has 2 aromatic heterocycles. The molecule has 2 heterocycles. The standard InChI is InChI=1S/C32H44N5O6P/c1-7-9-19-32(6,21-41-44(39,43-24-15-11-10-12-16-24)36-23(5)31(38)42-22(3)4)37-27(20-40-8-2)35-28-29(37)25-17-13-14-18-26(25)34-30(28)33/h10-18,22-23H,7-9,19-21H2,1-6H3,(H2,33,34)(H,36,39)/t23-,32-,44+/m0/s1/i5D3. The summed E-state index contributed by atoms with van der Waals surface area (Å²) in [6.45, 7) is 6.46. The molecule has 0 fully saturated rings. The first-order valence-electron chi connectivity index (χ1n) is 16.3. The normalized spacial score (nSPS) is 16.5. The number of nitrogens with zero attached hydrogens (tertiary/aromatic N) is 3. The highest BCUT2D eigenvalue weighted by atomic mass is 31.2. The van der Waals surface area contributed by atoms with E-state index in [1.807, 2.05) is 42.7 Å². The maximum absolute atomic E-state index is 14.6. The number of nitrogens with one attached hydrogen (secondary N) is 1. The summed E-state index contributed by atoms with van der Waals surface area (Å²) in [5, 5.41) is 3.22. The molecular formula is C32H44N5O6P. The van der Waals surface area contributed by atoms with Gasteiger partial charge in [-0.1, -0.05) is 56.2 Å². The fourth-order valence-corrected chi connectivity index (χ4v) is 6.42. The number of fused-ring (bicyclic) bond motifs is 3. The second-order valence-corrected chi connectivity index (χ2v) is 12.7. The van der Waals surface area contributed by atoms with E-state index in [9.17, 15) is 9.36 Å². The molecule has 4 aromatic rings. The molecule has 0 saturated heterocycles. The van der Waals surface area contributed by atoms with Crippen LogP contribution in [0.15, 0.2) is 54.6 Å². The average molecular weight is 629 g/mol. The zero-order valence-corrected chi connectivity index (χ0v) is 26.8. The summed E-state index contributed by atoms with van der Waals surface area (Å²) >= 11 is 0. The van der Waals surface area contributed by atoms with Crippen LogP contribution in [0.2, 0.25) is 0 Å². The van der Waals surface area contributed by atoms with Gasteiger partial charge in [0.15, 0.2) is 5.82 Å². The van der Waals surface area contributed by atoms with Crippen molar-refractivity contribution < 1.29 is 32.0 Å². The lowest BCUT2D eigenvalue weighted by Crippen LogP contribution is -2.40. The molecule has 238 valence electrons. The van der Waals surface area contributed by atoms with E-state index in [0.29, 0.717) is 35.4 Å². The van der Waals surface area contributed by atoms with Crippen LogP contribution >= 0.6 is 7.75 Å². The van der Waals surface area contributed by atoms with Gasteiger partial charge in [0.1, 0.15) is 29.7 Å². The Labute approximate surface area is 263 Å². The van der Waals surface area contributed by atoms with E-state index in [1.54, 1.807) is 44.2 Å². The van der Waals surface area contributed by atoms with Gasteiger partial charge in [-0.15, -0.1) is 0 Å². The molecule has 0 aliphatic carbocycles. The lowest BCUT2D eigenvalue weighted by Gasteiger charge is -2.35. The SMILES string of the molecule is [2H]C([2H])([2H])[C@H](N[P@@](=O)(OC[C@](C)(CCCC)n1c(COCC)nc2c(N)nc3ccccc3c21)Oc1ccccc1)C(=O)OC(C)C. The minimum Gasteiger partial charge on any atom is -0.462 e. The Balaban J connectivity index is 1.86. The molecule has 0 aliphatic rings. The van der Waals surface area contributed by atoms with Crippen LogP contribution < -0.4 is 15.3 Å². The summed E-state index contributed by atoms with van der Waals surface area (Å²) in [7, 11) is -4.59. The Bertz CT molecular complexity index is 1720. The summed E-state index contributed by atoms with van der Waals surface area (Å²) in [4.78, 5) is 22.4. The van der Waals surface area contributed by atoms with Crippen LogP contribution in [0.1, 0.15) is 70.7 Å². The van der Waals surface area contributed by atoms with Gasteiger partial charge in [-0.3, -0.25) is 9.32 Å². The van der Waals surface area contributed by atoms with E-state index in [4.69, 9.17) is 33.4 Å². The van der Waals surface area contributed by atoms with E-state index < -0.39 is 38.3 Å². The fraction of sp³-hybridized carbons (Fsp3) is 0.469. The first-order chi connectivity index (χ1) is 22.2. The highest BCUT2D eigenvalue weighted by Gasteiger charge is 2.39.